The average Bonchev–Trinajstić information content (AvgIpc) is 2.69. The molecule has 0 amide bonds. The van der Waals surface area contributed by atoms with Crippen LogP contribution < -0.4 is 5.32 Å². The molecule has 1 heterocycles. The number of nitrogens with one attached hydrogen (secondary N) is 1. The van der Waals surface area contributed by atoms with Crippen molar-refractivity contribution in [2.24, 2.45) is 13.0 Å². The normalized spacial score (nSPS) is 14.6. The van der Waals surface area contributed by atoms with Crippen LogP contribution in [0, 0.1) is 5.92 Å². The van der Waals surface area contributed by atoms with Gasteiger partial charge in [-0.3, -0.25) is 4.68 Å². The molecule has 2 unspecified atom stereocenters. The number of aryl methyl sites for hydroxylation is 2. The summed E-state index contributed by atoms with van der Waals surface area (Å²) in [6.07, 6.45) is 4.18. The van der Waals surface area contributed by atoms with E-state index in [0.717, 1.165) is 42.2 Å². The van der Waals surface area contributed by atoms with Crippen LogP contribution in [0.2, 0.25) is 5.02 Å². The summed E-state index contributed by atoms with van der Waals surface area (Å²) in [5, 5.41) is 9.01. The molecule has 0 aromatic carbocycles. The summed E-state index contributed by atoms with van der Waals surface area (Å²) in [5.41, 5.74) is 2.17. The van der Waals surface area contributed by atoms with Crippen molar-refractivity contribution in [3.8, 4) is 0 Å². The van der Waals surface area contributed by atoms with Crippen molar-refractivity contribution >= 4 is 11.6 Å². The number of rotatable bonds is 8. The smallest absolute Gasteiger partial charge is 0.0850 e. The average molecular weight is 286 g/mol. The molecule has 2 atom stereocenters. The van der Waals surface area contributed by atoms with Crippen LogP contribution >= 0.6 is 11.6 Å². The maximum atomic E-state index is 6.44. The van der Waals surface area contributed by atoms with Gasteiger partial charge in [-0.05, 0) is 25.3 Å². The Morgan fingerprint density at radius 3 is 2.47 bits per heavy atom. The molecule has 0 saturated carbocycles. The van der Waals surface area contributed by atoms with Crippen molar-refractivity contribution in [3.05, 3.63) is 16.4 Å². The second-order valence-corrected chi connectivity index (χ2v) is 5.71. The summed E-state index contributed by atoms with van der Waals surface area (Å²) >= 11 is 6.44. The fourth-order valence-corrected chi connectivity index (χ4v) is 2.71. The molecule has 0 aliphatic heterocycles. The Labute approximate surface area is 122 Å². The third kappa shape index (κ3) is 4.22. The quantitative estimate of drug-likeness (QED) is 0.791. The fourth-order valence-electron chi connectivity index (χ4n) is 2.34. The van der Waals surface area contributed by atoms with Crippen molar-refractivity contribution in [1.29, 1.82) is 0 Å². The largest absolute Gasteiger partial charge is 0.313 e. The minimum Gasteiger partial charge on any atom is -0.313 e. The van der Waals surface area contributed by atoms with E-state index in [-0.39, 0.29) is 0 Å². The summed E-state index contributed by atoms with van der Waals surface area (Å²) < 4.78 is 1.95. The highest BCUT2D eigenvalue weighted by Crippen LogP contribution is 2.24. The summed E-state index contributed by atoms with van der Waals surface area (Å²) in [4.78, 5) is 0. The molecule has 4 heteroatoms. The molecule has 0 radical (unpaired) electrons. The van der Waals surface area contributed by atoms with E-state index >= 15 is 0 Å². The molecule has 0 aliphatic rings. The zero-order valence-corrected chi connectivity index (χ0v) is 13.7. The predicted molar refractivity (Wildman–Crippen MR) is 82.8 cm³/mol. The monoisotopic (exact) mass is 285 g/mol. The van der Waals surface area contributed by atoms with Crippen LogP contribution in [-0.2, 0) is 19.9 Å². The van der Waals surface area contributed by atoms with Gasteiger partial charge in [0.25, 0.3) is 0 Å². The number of aromatic nitrogens is 2. The summed E-state index contributed by atoms with van der Waals surface area (Å²) in [5.74, 6) is 0.641. The lowest BCUT2D eigenvalue weighted by molar-refractivity contribution is 0.359. The van der Waals surface area contributed by atoms with Gasteiger partial charge in [0.2, 0.25) is 0 Å². The lowest BCUT2D eigenvalue weighted by atomic mass is 9.94. The SMILES string of the molecule is CCCNC(Cc1c(Cl)c(CC)nn1C)C(C)CC. The van der Waals surface area contributed by atoms with Gasteiger partial charge in [-0.2, -0.15) is 5.10 Å². The lowest BCUT2D eigenvalue weighted by Crippen LogP contribution is -2.37. The first-order valence-electron chi connectivity index (χ1n) is 7.48. The molecule has 1 N–H and O–H groups in total. The summed E-state index contributed by atoms with van der Waals surface area (Å²) in [7, 11) is 1.99. The first-order valence-corrected chi connectivity index (χ1v) is 7.86. The molecule has 0 bridgehead atoms. The lowest BCUT2D eigenvalue weighted by Gasteiger charge is -2.24. The third-order valence-corrected chi connectivity index (χ3v) is 4.34. The van der Waals surface area contributed by atoms with Crippen molar-refractivity contribution in [2.45, 2.75) is 59.4 Å². The van der Waals surface area contributed by atoms with Crippen LogP contribution in [0.25, 0.3) is 0 Å². The van der Waals surface area contributed by atoms with Gasteiger partial charge in [0.05, 0.1) is 16.4 Å². The standard InChI is InChI=1S/C15H28ClN3/c1-6-9-17-13(11(4)7-2)10-14-15(16)12(8-3)18-19(14)5/h11,13,17H,6-10H2,1-5H3. The van der Waals surface area contributed by atoms with Crippen LogP contribution in [0.1, 0.15) is 51.9 Å². The Morgan fingerprint density at radius 1 is 1.32 bits per heavy atom. The maximum Gasteiger partial charge on any atom is 0.0850 e. The third-order valence-electron chi connectivity index (χ3n) is 3.90. The molecule has 0 aliphatic carbocycles. The highest BCUT2D eigenvalue weighted by atomic mass is 35.5. The second kappa shape index (κ2) is 7.91. The number of halogens is 1. The van der Waals surface area contributed by atoms with Crippen LogP contribution in [0.15, 0.2) is 0 Å². The molecule has 0 spiro atoms. The highest BCUT2D eigenvalue weighted by Gasteiger charge is 2.21. The Bertz CT molecular complexity index is 387. The minimum absolute atomic E-state index is 0.475. The topological polar surface area (TPSA) is 29.9 Å². The zero-order chi connectivity index (χ0) is 14.4. The van der Waals surface area contributed by atoms with E-state index in [0.29, 0.717) is 12.0 Å². The van der Waals surface area contributed by atoms with Gasteiger partial charge in [0.1, 0.15) is 0 Å². The van der Waals surface area contributed by atoms with Crippen LogP contribution in [0.5, 0.6) is 0 Å². The van der Waals surface area contributed by atoms with E-state index in [4.69, 9.17) is 11.6 Å². The molecule has 0 saturated heterocycles. The van der Waals surface area contributed by atoms with Crippen LogP contribution in [-0.4, -0.2) is 22.4 Å². The first-order chi connectivity index (χ1) is 9.04. The second-order valence-electron chi connectivity index (χ2n) is 5.33. The van der Waals surface area contributed by atoms with Gasteiger partial charge in [-0.1, -0.05) is 45.7 Å². The van der Waals surface area contributed by atoms with Crippen LogP contribution in [0.4, 0.5) is 0 Å². The molecular formula is C15H28ClN3. The van der Waals surface area contributed by atoms with Gasteiger partial charge in [-0.25, -0.2) is 0 Å². The van der Waals surface area contributed by atoms with Crippen LogP contribution in [0.3, 0.4) is 0 Å². The van der Waals surface area contributed by atoms with Gasteiger partial charge < -0.3 is 5.32 Å². The Morgan fingerprint density at radius 2 is 2.00 bits per heavy atom. The van der Waals surface area contributed by atoms with E-state index in [9.17, 15) is 0 Å². The molecule has 1 aromatic rings. The number of hydrogen-bond donors (Lipinski definition) is 1. The van der Waals surface area contributed by atoms with E-state index < -0.39 is 0 Å². The molecule has 110 valence electrons. The molecule has 1 aromatic heterocycles. The van der Waals surface area contributed by atoms with Crippen molar-refractivity contribution in [1.82, 2.24) is 15.1 Å². The van der Waals surface area contributed by atoms with Gasteiger partial charge in [0.15, 0.2) is 0 Å². The van der Waals surface area contributed by atoms with Gasteiger partial charge in [-0.15, -0.1) is 0 Å². The Hall–Kier alpha value is -0.540. The number of hydrogen-bond acceptors (Lipinski definition) is 2. The predicted octanol–water partition coefficient (Wildman–Crippen LogP) is 3.59. The Kier molecular flexibility index (Phi) is 6.87. The van der Waals surface area contributed by atoms with Gasteiger partial charge >= 0.3 is 0 Å². The molecule has 3 nitrogen and oxygen atoms in total. The first kappa shape index (κ1) is 16.5. The van der Waals surface area contributed by atoms with Crippen molar-refractivity contribution in [2.75, 3.05) is 6.54 Å². The van der Waals surface area contributed by atoms with E-state index in [1.165, 1.54) is 6.42 Å². The molecular weight excluding hydrogens is 258 g/mol. The van der Waals surface area contributed by atoms with E-state index in [1.54, 1.807) is 0 Å². The van der Waals surface area contributed by atoms with E-state index in [2.05, 4.69) is 38.1 Å². The number of nitrogens with zero attached hydrogens (tertiary/aromatic N) is 2. The highest BCUT2D eigenvalue weighted by molar-refractivity contribution is 6.31. The van der Waals surface area contributed by atoms with Crippen molar-refractivity contribution in [3.63, 3.8) is 0 Å². The maximum absolute atomic E-state index is 6.44. The Balaban J connectivity index is 2.86. The van der Waals surface area contributed by atoms with E-state index in [1.807, 2.05) is 11.7 Å². The fraction of sp³-hybridized carbons (Fsp3) is 0.800. The molecule has 1 rings (SSSR count). The van der Waals surface area contributed by atoms with Crippen molar-refractivity contribution < 1.29 is 0 Å². The molecule has 19 heavy (non-hydrogen) atoms. The zero-order valence-electron chi connectivity index (χ0n) is 13.0. The summed E-state index contributed by atoms with van der Waals surface area (Å²) in [6, 6.07) is 0.475. The molecule has 0 fully saturated rings. The summed E-state index contributed by atoms with van der Waals surface area (Å²) in [6.45, 7) is 9.91. The minimum atomic E-state index is 0.475. The van der Waals surface area contributed by atoms with Gasteiger partial charge in [0, 0.05) is 19.5 Å².